The Balaban J connectivity index is 1.94. The molecule has 2 fully saturated rings. The predicted octanol–water partition coefficient (Wildman–Crippen LogP) is 2.00. The molecule has 1 unspecified atom stereocenters. The summed E-state index contributed by atoms with van der Waals surface area (Å²) >= 11 is 0. The number of aliphatic hydroxyl groups excluding tert-OH is 1. The van der Waals surface area contributed by atoms with Crippen LogP contribution in [-0.2, 0) is 0 Å². The molecule has 106 valence electrons. The summed E-state index contributed by atoms with van der Waals surface area (Å²) in [5.41, 5.74) is 0.487. The Kier molecular flexibility index (Phi) is 5.46. The summed E-state index contributed by atoms with van der Waals surface area (Å²) in [6, 6.07) is 0.429. The molecule has 1 saturated carbocycles. The Hall–Kier alpha value is -0.120. The van der Waals surface area contributed by atoms with Gasteiger partial charge in [0.05, 0.1) is 6.61 Å². The second-order valence-corrected chi connectivity index (χ2v) is 6.29. The third-order valence-corrected chi connectivity index (χ3v) is 4.91. The molecule has 0 aromatic carbocycles. The molecule has 0 aromatic rings. The van der Waals surface area contributed by atoms with E-state index in [4.69, 9.17) is 0 Å². The lowest BCUT2D eigenvalue weighted by Gasteiger charge is -2.41. The van der Waals surface area contributed by atoms with Crippen molar-refractivity contribution in [2.45, 2.75) is 57.9 Å². The van der Waals surface area contributed by atoms with Gasteiger partial charge in [0.2, 0.25) is 0 Å². The van der Waals surface area contributed by atoms with E-state index in [1.807, 2.05) is 0 Å². The van der Waals surface area contributed by atoms with Gasteiger partial charge in [-0.15, -0.1) is 0 Å². The summed E-state index contributed by atoms with van der Waals surface area (Å²) < 4.78 is 0. The molecule has 3 heteroatoms. The van der Waals surface area contributed by atoms with Crippen LogP contribution in [0.15, 0.2) is 0 Å². The highest BCUT2D eigenvalue weighted by molar-refractivity contribution is 4.91. The zero-order valence-electron chi connectivity index (χ0n) is 12.0. The van der Waals surface area contributed by atoms with Crippen molar-refractivity contribution in [2.75, 3.05) is 32.8 Å². The van der Waals surface area contributed by atoms with Crippen molar-refractivity contribution in [3.05, 3.63) is 0 Å². The van der Waals surface area contributed by atoms with Crippen LogP contribution in [0.2, 0.25) is 0 Å². The first-order valence-electron chi connectivity index (χ1n) is 7.85. The molecule has 1 aliphatic heterocycles. The summed E-state index contributed by atoms with van der Waals surface area (Å²) in [5.74, 6) is 0. The van der Waals surface area contributed by atoms with Crippen LogP contribution in [-0.4, -0.2) is 48.8 Å². The van der Waals surface area contributed by atoms with Gasteiger partial charge >= 0.3 is 0 Å². The average molecular weight is 254 g/mol. The maximum Gasteiger partial charge on any atom is 0.0586 e. The summed E-state index contributed by atoms with van der Waals surface area (Å²) in [5, 5.41) is 13.1. The van der Waals surface area contributed by atoms with Crippen LogP contribution in [0, 0.1) is 5.41 Å². The van der Waals surface area contributed by atoms with Gasteiger partial charge in [-0.1, -0.05) is 26.2 Å². The number of piperidine rings is 1. The minimum atomic E-state index is 0.345. The number of hydrogen-bond donors (Lipinski definition) is 2. The summed E-state index contributed by atoms with van der Waals surface area (Å²) in [6.07, 6.45) is 9.32. The van der Waals surface area contributed by atoms with Crippen molar-refractivity contribution in [1.82, 2.24) is 10.2 Å². The van der Waals surface area contributed by atoms with Crippen molar-refractivity contribution in [3.8, 4) is 0 Å². The highest BCUT2D eigenvalue weighted by Crippen LogP contribution is 2.39. The molecule has 1 saturated heterocycles. The summed E-state index contributed by atoms with van der Waals surface area (Å²) in [4.78, 5) is 2.58. The van der Waals surface area contributed by atoms with Gasteiger partial charge in [0.25, 0.3) is 0 Å². The maximum absolute atomic E-state index is 9.54. The van der Waals surface area contributed by atoms with E-state index in [0.29, 0.717) is 18.1 Å². The Bertz CT molecular complexity index is 239. The first-order chi connectivity index (χ1) is 8.79. The van der Waals surface area contributed by atoms with Crippen LogP contribution >= 0.6 is 0 Å². The number of rotatable bonds is 6. The molecular formula is C15H30N2O. The van der Waals surface area contributed by atoms with Crippen LogP contribution in [0.4, 0.5) is 0 Å². The minimum absolute atomic E-state index is 0.345. The van der Waals surface area contributed by atoms with E-state index >= 15 is 0 Å². The molecule has 0 spiro atoms. The van der Waals surface area contributed by atoms with Crippen LogP contribution in [0.3, 0.4) is 0 Å². The van der Waals surface area contributed by atoms with E-state index in [9.17, 15) is 5.11 Å². The molecule has 0 bridgehead atoms. The third kappa shape index (κ3) is 3.46. The lowest BCUT2D eigenvalue weighted by atomic mass is 9.84. The van der Waals surface area contributed by atoms with Gasteiger partial charge in [-0.25, -0.2) is 0 Å². The molecule has 1 aliphatic carbocycles. The van der Waals surface area contributed by atoms with Crippen molar-refractivity contribution in [3.63, 3.8) is 0 Å². The fourth-order valence-electron chi connectivity index (χ4n) is 3.81. The standard InChI is InChI=1S/C15H30N2O/c1-2-16-12-15(8-4-5-9-15)13-17-10-6-3-7-14(17)11-18/h14,16,18H,2-13H2,1H3. The predicted molar refractivity (Wildman–Crippen MR) is 75.7 cm³/mol. The highest BCUT2D eigenvalue weighted by atomic mass is 16.3. The molecule has 1 atom stereocenters. The van der Waals surface area contributed by atoms with Crippen LogP contribution in [0.5, 0.6) is 0 Å². The molecule has 0 radical (unpaired) electrons. The Labute approximate surface area is 112 Å². The van der Waals surface area contributed by atoms with Crippen molar-refractivity contribution in [1.29, 1.82) is 0 Å². The molecule has 2 N–H and O–H groups in total. The van der Waals surface area contributed by atoms with E-state index in [0.717, 1.165) is 13.1 Å². The summed E-state index contributed by atoms with van der Waals surface area (Å²) in [7, 11) is 0. The normalized spacial score (nSPS) is 28.7. The van der Waals surface area contributed by atoms with E-state index < -0.39 is 0 Å². The van der Waals surface area contributed by atoms with E-state index in [1.54, 1.807) is 0 Å². The quantitative estimate of drug-likeness (QED) is 0.761. The van der Waals surface area contributed by atoms with E-state index in [-0.39, 0.29) is 0 Å². The lowest BCUT2D eigenvalue weighted by molar-refractivity contribution is 0.0486. The van der Waals surface area contributed by atoms with E-state index in [1.165, 1.54) is 58.0 Å². The van der Waals surface area contributed by atoms with E-state index in [2.05, 4.69) is 17.1 Å². The first kappa shape index (κ1) is 14.3. The zero-order valence-corrected chi connectivity index (χ0v) is 12.0. The van der Waals surface area contributed by atoms with Gasteiger partial charge in [0.15, 0.2) is 0 Å². The monoisotopic (exact) mass is 254 g/mol. The molecule has 2 aliphatic rings. The molecule has 2 rings (SSSR count). The molecule has 1 heterocycles. The van der Waals surface area contributed by atoms with Crippen LogP contribution in [0.1, 0.15) is 51.9 Å². The number of nitrogens with zero attached hydrogens (tertiary/aromatic N) is 1. The maximum atomic E-state index is 9.54. The Morgan fingerprint density at radius 3 is 2.67 bits per heavy atom. The van der Waals surface area contributed by atoms with Crippen molar-refractivity contribution < 1.29 is 5.11 Å². The second-order valence-electron chi connectivity index (χ2n) is 6.29. The minimum Gasteiger partial charge on any atom is -0.395 e. The van der Waals surface area contributed by atoms with Gasteiger partial charge in [0.1, 0.15) is 0 Å². The zero-order chi connectivity index (χ0) is 12.8. The van der Waals surface area contributed by atoms with Gasteiger partial charge in [-0.05, 0) is 44.2 Å². The van der Waals surface area contributed by atoms with Gasteiger partial charge < -0.3 is 10.4 Å². The smallest absolute Gasteiger partial charge is 0.0586 e. The Morgan fingerprint density at radius 1 is 1.22 bits per heavy atom. The molecule has 0 amide bonds. The van der Waals surface area contributed by atoms with Crippen molar-refractivity contribution >= 4 is 0 Å². The van der Waals surface area contributed by atoms with Crippen LogP contribution < -0.4 is 5.32 Å². The fraction of sp³-hybridized carbons (Fsp3) is 1.00. The Morgan fingerprint density at radius 2 is 2.00 bits per heavy atom. The number of nitrogens with one attached hydrogen (secondary N) is 1. The third-order valence-electron chi connectivity index (χ3n) is 4.91. The lowest BCUT2D eigenvalue weighted by Crippen LogP contribution is -2.49. The van der Waals surface area contributed by atoms with Gasteiger partial charge in [0, 0.05) is 19.1 Å². The topological polar surface area (TPSA) is 35.5 Å². The number of aliphatic hydroxyl groups is 1. The van der Waals surface area contributed by atoms with Crippen molar-refractivity contribution in [2.24, 2.45) is 5.41 Å². The van der Waals surface area contributed by atoms with Gasteiger partial charge in [-0.3, -0.25) is 4.90 Å². The highest BCUT2D eigenvalue weighted by Gasteiger charge is 2.37. The summed E-state index contributed by atoms with van der Waals surface area (Å²) in [6.45, 7) is 7.17. The largest absolute Gasteiger partial charge is 0.395 e. The molecule has 18 heavy (non-hydrogen) atoms. The van der Waals surface area contributed by atoms with Crippen LogP contribution in [0.25, 0.3) is 0 Å². The SMILES string of the molecule is CCNCC1(CN2CCCCC2CO)CCCC1. The average Bonchev–Trinajstić information content (AvgIpc) is 2.86. The number of likely N-dealkylation sites (tertiary alicyclic amines) is 1. The van der Waals surface area contributed by atoms with Gasteiger partial charge in [-0.2, -0.15) is 0 Å². The fourth-order valence-corrected chi connectivity index (χ4v) is 3.81. The molecule has 3 nitrogen and oxygen atoms in total. The first-order valence-corrected chi connectivity index (χ1v) is 7.85. The second kappa shape index (κ2) is 6.88. The molecular weight excluding hydrogens is 224 g/mol. The number of hydrogen-bond acceptors (Lipinski definition) is 3. The molecule has 0 aromatic heterocycles.